The molecule has 2 atom stereocenters. The van der Waals surface area contributed by atoms with E-state index in [1.807, 2.05) is 30.3 Å². The Morgan fingerprint density at radius 3 is 2.44 bits per heavy atom. The lowest BCUT2D eigenvalue weighted by molar-refractivity contribution is -0.173. The number of carbonyl (C=O) groups excluding carboxylic acids is 1. The molecule has 0 unspecified atom stereocenters. The number of anilines is 1. The number of halogens is 5. The molecule has 0 saturated carbocycles. The number of benzene rings is 2. The lowest BCUT2D eigenvalue weighted by Gasteiger charge is -2.33. The summed E-state index contributed by atoms with van der Waals surface area (Å²) in [5, 5.41) is 7.36. The zero-order valence-electron chi connectivity index (χ0n) is 16.9. The van der Waals surface area contributed by atoms with Crippen LogP contribution in [0.25, 0.3) is 0 Å². The third kappa shape index (κ3) is 4.42. The van der Waals surface area contributed by atoms with Gasteiger partial charge in [-0.25, -0.2) is 4.68 Å². The number of nitrogens with zero attached hydrogens (tertiary/aromatic N) is 3. The Kier molecular flexibility index (Phi) is 6.09. The maximum absolute atomic E-state index is 13.9. The fraction of sp³-hybridized carbons (Fsp3) is 0.273. The van der Waals surface area contributed by atoms with Crippen LogP contribution in [0, 0.1) is 0 Å². The van der Waals surface area contributed by atoms with Gasteiger partial charge in [-0.15, -0.1) is 0 Å². The van der Waals surface area contributed by atoms with Gasteiger partial charge < -0.3 is 10.2 Å². The van der Waals surface area contributed by atoms with Crippen LogP contribution in [-0.4, -0.2) is 33.8 Å². The molecular formula is C22H19Cl2F3N4O. The molecule has 2 heterocycles. The van der Waals surface area contributed by atoms with Crippen LogP contribution >= 0.6 is 23.2 Å². The molecule has 0 bridgehead atoms. The number of amides is 1. The van der Waals surface area contributed by atoms with Crippen molar-refractivity contribution in [3.8, 4) is 0 Å². The monoisotopic (exact) mass is 482 g/mol. The minimum Gasteiger partial charge on any atom is -0.362 e. The fourth-order valence-electron chi connectivity index (χ4n) is 3.75. The van der Waals surface area contributed by atoms with Crippen molar-refractivity contribution in [3.63, 3.8) is 0 Å². The lowest BCUT2D eigenvalue weighted by atomic mass is 9.97. The number of fused-ring (bicyclic) bond motifs is 1. The van der Waals surface area contributed by atoms with E-state index >= 15 is 0 Å². The van der Waals surface area contributed by atoms with E-state index in [0.717, 1.165) is 10.2 Å². The zero-order valence-corrected chi connectivity index (χ0v) is 18.4. The normalized spacial score (nSPS) is 18.1. The SMILES string of the molecule is CN(Cc1ccccc1)C(=O)c1nn2c(c1Cl)N[C@H](c1ccc(Cl)cc1)C[C@H]2C(F)(F)F. The summed E-state index contributed by atoms with van der Waals surface area (Å²) >= 11 is 12.3. The molecule has 1 aliphatic heterocycles. The number of nitrogens with one attached hydrogen (secondary N) is 1. The summed E-state index contributed by atoms with van der Waals surface area (Å²) in [7, 11) is 1.55. The second kappa shape index (κ2) is 8.67. The van der Waals surface area contributed by atoms with Crippen molar-refractivity contribution in [2.75, 3.05) is 12.4 Å². The summed E-state index contributed by atoms with van der Waals surface area (Å²) in [5.74, 6) is -0.594. The quantitative estimate of drug-likeness (QED) is 0.487. The Balaban J connectivity index is 1.67. The summed E-state index contributed by atoms with van der Waals surface area (Å²) in [6.07, 6.45) is -4.88. The first kappa shape index (κ1) is 22.5. The van der Waals surface area contributed by atoms with E-state index < -0.39 is 24.2 Å². The first-order chi connectivity index (χ1) is 15.1. The molecule has 0 radical (unpaired) electrons. The van der Waals surface area contributed by atoms with Crippen LogP contribution in [0.3, 0.4) is 0 Å². The van der Waals surface area contributed by atoms with E-state index in [1.165, 1.54) is 4.90 Å². The predicted octanol–water partition coefficient (Wildman–Crippen LogP) is 6.12. The van der Waals surface area contributed by atoms with Crippen molar-refractivity contribution in [2.45, 2.75) is 31.2 Å². The Hall–Kier alpha value is -2.71. The van der Waals surface area contributed by atoms with Gasteiger partial charge in [-0.2, -0.15) is 18.3 Å². The molecule has 10 heteroatoms. The van der Waals surface area contributed by atoms with Crippen LogP contribution in [0.2, 0.25) is 10.0 Å². The van der Waals surface area contributed by atoms with Gasteiger partial charge in [0.1, 0.15) is 10.8 Å². The van der Waals surface area contributed by atoms with Crippen LogP contribution in [0.5, 0.6) is 0 Å². The Bertz CT molecular complexity index is 1120. The molecule has 3 aromatic rings. The third-order valence-corrected chi connectivity index (χ3v) is 5.99. The number of hydrogen-bond acceptors (Lipinski definition) is 3. The van der Waals surface area contributed by atoms with Crippen LogP contribution in [0.4, 0.5) is 19.0 Å². The maximum atomic E-state index is 13.9. The van der Waals surface area contributed by atoms with E-state index in [0.29, 0.717) is 10.6 Å². The summed E-state index contributed by atoms with van der Waals surface area (Å²) in [6.45, 7) is 0.266. The fourth-order valence-corrected chi connectivity index (χ4v) is 4.14. The molecule has 168 valence electrons. The van der Waals surface area contributed by atoms with Gasteiger partial charge in [0.2, 0.25) is 0 Å². The molecule has 1 N–H and O–H groups in total. The molecular weight excluding hydrogens is 464 g/mol. The highest BCUT2D eigenvalue weighted by Gasteiger charge is 2.48. The second-order valence-electron chi connectivity index (χ2n) is 7.64. The minimum atomic E-state index is -4.58. The Morgan fingerprint density at radius 1 is 1.16 bits per heavy atom. The molecule has 5 nitrogen and oxygen atoms in total. The molecule has 0 fully saturated rings. The van der Waals surface area contributed by atoms with Crippen molar-refractivity contribution >= 4 is 34.9 Å². The smallest absolute Gasteiger partial charge is 0.362 e. The molecule has 0 spiro atoms. The van der Waals surface area contributed by atoms with E-state index in [-0.39, 0.29) is 29.5 Å². The minimum absolute atomic E-state index is 0.0309. The average molecular weight is 483 g/mol. The molecule has 1 aliphatic rings. The van der Waals surface area contributed by atoms with Crippen molar-refractivity contribution in [1.82, 2.24) is 14.7 Å². The molecule has 32 heavy (non-hydrogen) atoms. The van der Waals surface area contributed by atoms with E-state index in [2.05, 4.69) is 10.4 Å². The Labute approximate surface area is 192 Å². The first-order valence-electron chi connectivity index (χ1n) is 9.81. The van der Waals surface area contributed by atoms with Gasteiger partial charge in [-0.3, -0.25) is 4.79 Å². The largest absolute Gasteiger partial charge is 0.410 e. The molecule has 2 aromatic carbocycles. The van der Waals surface area contributed by atoms with Crippen LogP contribution in [-0.2, 0) is 6.54 Å². The van der Waals surface area contributed by atoms with Gasteiger partial charge in [-0.1, -0.05) is 65.7 Å². The summed E-state index contributed by atoms with van der Waals surface area (Å²) in [5.41, 5.74) is 1.28. The molecule has 1 amide bonds. The van der Waals surface area contributed by atoms with Gasteiger partial charge >= 0.3 is 6.18 Å². The van der Waals surface area contributed by atoms with Crippen molar-refractivity contribution < 1.29 is 18.0 Å². The molecule has 4 rings (SSSR count). The third-order valence-electron chi connectivity index (χ3n) is 5.38. The van der Waals surface area contributed by atoms with E-state index in [9.17, 15) is 18.0 Å². The van der Waals surface area contributed by atoms with E-state index in [1.54, 1.807) is 31.3 Å². The highest BCUT2D eigenvalue weighted by Crippen LogP contribution is 2.46. The summed E-state index contributed by atoms with van der Waals surface area (Å²) in [6, 6.07) is 13.2. The first-order valence-corrected chi connectivity index (χ1v) is 10.6. The number of hydrogen-bond donors (Lipinski definition) is 1. The summed E-state index contributed by atoms with van der Waals surface area (Å²) in [4.78, 5) is 14.3. The van der Waals surface area contributed by atoms with Crippen LogP contribution < -0.4 is 5.32 Å². The number of carbonyl (C=O) groups is 1. The number of aromatic nitrogens is 2. The topological polar surface area (TPSA) is 50.2 Å². The van der Waals surface area contributed by atoms with Gasteiger partial charge in [0, 0.05) is 25.0 Å². The predicted molar refractivity (Wildman–Crippen MR) is 117 cm³/mol. The lowest BCUT2D eigenvalue weighted by Crippen LogP contribution is -2.36. The maximum Gasteiger partial charge on any atom is 0.410 e. The van der Waals surface area contributed by atoms with Crippen LogP contribution in [0.15, 0.2) is 54.6 Å². The molecule has 0 aliphatic carbocycles. The molecule has 0 saturated heterocycles. The van der Waals surface area contributed by atoms with Gasteiger partial charge in [-0.05, 0) is 23.3 Å². The highest BCUT2D eigenvalue weighted by atomic mass is 35.5. The van der Waals surface area contributed by atoms with Gasteiger partial charge in [0.25, 0.3) is 5.91 Å². The van der Waals surface area contributed by atoms with Crippen molar-refractivity contribution in [1.29, 1.82) is 0 Å². The summed E-state index contributed by atoms with van der Waals surface area (Å²) < 4.78 is 42.5. The van der Waals surface area contributed by atoms with E-state index in [4.69, 9.17) is 23.2 Å². The van der Waals surface area contributed by atoms with Crippen molar-refractivity contribution in [3.05, 3.63) is 81.5 Å². The highest BCUT2D eigenvalue weighted by molar-refractivity contribution is 6.36. The molecule has 1 aromatic heterocycles. The zero-order chi connectivity index (χ0) is 23.0. The van der Waals surface area contributed by atoms with Crippen LogP contribution in [0.1, 0.15) is 40.1 Å². The number of alkyl halides is 3. The average Bonchev–Trinajstić information content (AvgIpc) is 3.09. The van der Waals surface area contributed by atoms with Gasteiger partial charge in [0.15, 0.2) is 11.7 Å². The number of rotatable bonds is 4. The van der Waals surface area contributed by atoms with Crippen molar-refractivity contribution in [2.24, 2.45) is 0 Å². The Morgan fingerprint density at radius 2 is 1.81 bits per heavy atom. The van der Waals surface area contributed by atoms with Gasteiger partial charge in [0.05, 0.1) is 6.04 Å². The standard InChI is InChI=1S/C22H19Cl2F3N4O/c1-30(12-13-5-3-2-4-6-13)21(32)19-18(24)20-28-16(14-7-9-15(23)10-8-14)11-17(22(25,26)27)31(20)29-19/h2-10,16-17,28H,11-12H2,1H3/t16-,17-/m0/s1. The second-order valence-corrected chi connectivity index (χ2v) is 8.46.